The largest absolute Gasteiger partial charge is 0.424 e. The highest BCUT2D eigenvalue weighted by molar-refractivity contribution is 7.20. The lowest BCUT2D eigenvalue weighted by molar-refractivity contribution is -0.126. The van der Waals surface area contributed by atoms with E-state index in [-0.39, 0.29) is 18.8 Å². The standard InChI is InChI=1S/C29H31F4N5O2S/c1-34-19-40-26-17-25(38-12-14-39-15-13-38)22(30)16-24(26)35-9-5-8-27-21(18-29(31,32)33)20-6-4-7-23(28(20)41-27)36-10-11-37(2)3/h4,6-7,16-17,35-36H,9-15,18-19H2,2-3H3. The molecule has 0 bridgehead atoms. The molecule has 2 N–H and O–H groups in total. The second-order valence-electron chi connectivity index (χ2n) is 9.60. The summed E-state index contributed by atoms with van der Waals surface area (Å²) in [7, 11) is 3.90. The molecule has 0 aliphatic carbocycles. The Morgan fingerprint density at radius 2 is 1.95 bits per heavy atom. The number of rotatable bonds is 10. The molecule has 0 unspecified atom stereocenters. The first-order valence-corrected chi connectivity index (χ1v) is 13.8. The first-order chi connectivity index (χ1) is 19.7. The monoisotopic (exact) mass is 589 g/mol. The zero-order chi connectivity index (χ0) is 29.4. The normalized spacial score (nSPS) is 13.6. The highest BCUT2D eigenvalue weighted by atomic mass is 32.1. The highest BCUT2D eigenvalue weighted by Crippen LogP contribution is 2.39. The van der Waals surface area contributed by atoms with Crippen molar-refractivity contribution >= 4 is 38.5 Å². The predicted molar refractivity (Wildman–Crippen MR) is 156 cm³/mol. The van der Waals surface area contributed by atoms with E-state index in [2.05, 4.69) is 27.3 Å². The van der Waals surface area contributed by atoms with Gasteiger partial charge in [-0.15, -0.1) is 11.3 Å². The Morgan fingerprint density at radius 1 is 1.17 bits per heavy atom. The number of alkyl halides is 3. The molecule has 1 aromatic heterocycles. The number of halogens is 4. The minimum absolute atomic E-state index is 0.0262. The van der Waals surface area contributed by atoms with E-state index in [0.29, 0.717) is 60.2 Å². The van der Waals surface area contributed by atoms with Gasteiger partial charge in [-0.25, -0.2) is 11.0 Å². The molecule has 0 saturated carbocycles. The lowest BCUT2D eigenvalue weighted by Crippen LogP contribution is -2.36. The molecule has 1 saturated heterocycles. The number of hydrogen-bond acceptors (Lipinski definition) is 7. The number of fused-ring (bicyclic) bond motifs is 1. The fourth-order valence-electron chi connectivity index (χ4n) is 4.41. The maximum atomic E-state index is 15.0. The van der Waals surface area contributed by atoms with E-state index in [4.69, 9.17) is 16.0 Å². The predicted octanol–water partition coefficient (Wildman–Crippen LogP) is 5.67. The molecule has 4 rings (SSSR count). The summed E-state index contributed by atoms with van der Waals surface area (Å²) < 4.78 is 67.2. The van der Waals surface area contributed by atoms with Crippen LogP contribution in [0, 0.1) is 24.2 Å². The highest BCUT2D eigenvalue weighted by Gasteiger charge is 2.31. The van der Waals surface area contributed by atoms with Gasteiger partial charge in [0.15, 0.2) is 5.75 Å². The van der Waals surface area contributed by atoms with Crippen LogP contribution in [0.4, 0.5) is 34.6 Å². The molecule has 0 atom stereocenters. The van der Waals surface area contributed by atoms with Gasteiger partial charge in [-0.3, -0.25) is 4.85 Å². The molecule has 1 fully saturated rings. The maximum absolute atomic E-state index is 15.0. The summed E-state index contributed by atoms with van der Waals surface area (Å²) in [6.45, 7) is 10.3. The number of thiophene rings is 1. The van der Waals surface area contributed by atoms with Gasteiger partial charge in [0.1, 0.15) is 5.82 Å². The second kappa shape index (κ2) is 13.8. The van der Waals surface area contributed by atoms with Crippen LogP contribution in [-0.2, 0) is 11.2 Å². The Labute approximate surface area is 240 Å². The van der Waals surface area contributed by atoms with Crippen molar-refractivity contribution in [2.24, 2.45) is 0 Å². The average Bonchev–Trinajstić information content (AvgIpc) is 3.27. The minimum atomic E-state index is -4.40. The van der Waals surface area contributed by atoms with E-state index in [0.717, 1.165) is 16.9 Å². The molecule has 1 aliphatic heterocycles. The number of benzene rings is 2. The van der Waals surface area contributed by atoms with Crippen molar-refractivity contribution in [3.05, 3.63) is 58.0 Å². The SMILES string of the molecule is [C-]#[N+]COc1cc(N2CCOCC2)c(F)cc1NCC#Cc1sc2c(NCCN(C)C)cccc2c1CC(F)(F)F. The average molecular weight is 590 g/mol. The van der Waals surface area contributed by atoms with Gasteiger partial charge in [-0.05, 0) is 31.1 Å². The summed E-state index contributed by atoms with van der Waals surface area (Å²) in [5.74, 6) is 5.61. The van der Waals surface area contributed by atoms with Gasteiger partial charge in [-0.2, -0.15) is 13.2 Å². The smallest absolute Gasteiger partial charge is 0.393 e. The van der Waals surface area contributed by atoms with Crippen molar-refractivity contribution in [3.63, 3.8) is 0 Å². The minimum Gasteiger partial charge on any atom is -0.424 e. The Kier molecular flexibility index (Phi) is 10.2. The van der Waals surface area contributed by atoms with E-state index in [1.807, 2.05) is 30.0 Å². The van der Waals surface area contributed by atoms with Crippen LogP contribution in [0.25, 0.3) is 14.9 Å². The molecular formula is C29H31F4N5O2S. The first-order valence-electron chi connectivity index (χ1n) is 13.0. The lowest BCUT2D eigenvalue weighted by atomic mass is 10.1. The molecule has 1 aliphatic rings. The molecule has 7 nitrogen and oxygen atoms in total. The number of nitrogens with one attached hydrogen (secondary N) is 2. The molecule has 218 valence electrons. The Bertz CT molecular complexity index is 1450. The summed E-state index contributed by atoms with van der Waals surface area (Å²) in [6, 6.07) is 8.11. The number of hydrogen-bond donors (Lipinski definition) is 2. The second-order valence-corrected chi connectivity index (χ2v) is 10.6. The zero-order valence-corrected chi connectivity index (χ0v) is 23.6. The molecule has 41 heavy (non-hydrogen) atoms. The van der Waals surface area contributed by atoms with Crippen LogP contribution in [0.5, 0.6) is 5.75 Å². The van der Waals surface area contributed by atoms with Crippen LogP contribution in [0.3, 0.4) is 0 Å². The van der Waals surface area contributed by atoms with Crippen LogP contribution < -0.4 is 20.3 Å². The van der Waals surface area contributed by atoms with E-state index in [1.165, 1.54) is 17.4 Å². The molecule has 0 amide bonds. The van der Waals surface area contributed by atoms with E-state index >= 15 is 4.39 Å². The Morgan fingerprint density at radius 3 is 2.66 bits per heavy atom. The molecule has 0 radical (unpaired) electrons. The van der Waals surface area contributed by atoms with Crippen molar-refractivity contribution in [1.29, 1.82) is 0 Å². The lowest BCUT2D eigenvalue weighted by Gasteiger charge is -2.29. The van der Waals surface area contributed by atoms with Gasteiger partial charge in [0, 0.05) is 38.3 Å². The summed E-state index contributed by atoms with van der Waals surface area (Å²) in [5, 5.41) is 6.83. The maximum Gasteiger partial charge on any atom is 0.393 e. The van der Waals surface area contributed by atoms with Crippen LogP contribution in [0.2, 0.25) is 0 Å². The summed E-state index contributed by atoms with van der Waals surface area (Å²) in [6.07, 6.45) is -5.49. The number of likely N-dealkylation sites (N-methyl/N-ethyl adjacent to an activating group) is 1. The third-order valence-electron chi connectivity index (χ3n) is 6.32. The summed E-state index contributed by atoms with van der Waals surface area (Å²) >= 11 is 1.22. The molecule has 0 spiro atoms. The van der Waals surface area contributed by atoms with Gasteiger partial charge in [0.25, 0.3) is 0 Å². The number of ether oxygens (including phenoxy) is 2. The molecule has 2 heterocycles. The van der Waals surface area contributed by atoms with Crippen molar-refractivity contribution in [3.8, 4) is 17.6 Å². The molecule has 2 aromatic carbocycles. The van der Waals surface area contributed by atoms with Crippen molar-refractivity contribution < 1.29 is 27.0 Å². The van der Waals surface area contributed by atoms with Gasteiger partial charge in [-0.1, -0.05) is 24.0 Å². The molecule has 3 aromatic rings. The van der Waals surface area contributed by atoms with Gasteiger partial charge < -0.3 is 29.9 Å². The van der Waals surface area contributed by atoms with Crippen LogP contribution >= 0.6 is 11.3 Å². The zero-order valence-electron chi connectivity index (χ0n) is 22.8. The molecular weight excluding hydrogens is 558 g/mol. The van der Waals surface area contributed by atoms with Crippen molar-refractivity contribution in [1.82, 2.24) is 4.90 Å². The Balaban J connectivity index is 1.58. The van der Waals surface area contributed by atoms with E-state index in [1.54, 1.807) is 18.2 Å². The van der Waals surface area contributed by atoms with Gasteiger partial charge in [0.05, 0.1) is 52.8 Å². The number of anilines is 3. The van der Waals surface area contributed by atoms with Crippen molar-refractivity contribution in [2.75, 3.05) is 82.3 Å². The Hall–Kier alpha value is -3.71. The quantitative estimate of drug-likeness (QED) is 0.181. The number of nitrogens with zero attached hydrogens (tertiary/aromatic N) is 3. The van der Waals surface area contributed by atoms with Gasteiger partial charge in [0.2, 0.25) is 0 Å². The fourth-order valence-corrected chi connectivity index (χ4v) is 5.60. The third-order valence-corrected chi connectivity index (χ3v) is 7.52. The third kappa shape index (κ3) is 8.17. The van der Waals surface area contributed by atoms with Crippen LogP contribution in [0.15, 0.2) is 30.3 Å². The first kappa shape index (κ1) is 30.3. The van der Waals surface area contributed by atoms with Crippen LogP contribution in [0.1, 0.15) is 10.4 Å². The summed E-state index contributed by atoms with van der Waals surface area (Å²) in [5.41, 5.74) is 1.56. The summed E-state index contributed by atoms with van der Waals surface area (Å²) in [4.78, 5) is 7.41. The van der Waals surface area contributed by atoms with Gasteiger partial charge >= 0.3 is 12.9 Å². The number of morpholine rings is 1. The molecule has 12 heteroatoms. The van der Waals surface area contributed by atoms with Crippen LogP contribution in [-0.4, -0.2) is 77.8 Å². The van der Waals surface area contributed by atoms with E-state index < -0.39 is 18.4 Å². The van der Waals surface area contributed by atoms with Crippen molar-refractivity contribution in [2.45, 2.75) is 12.6 Å². The fraction of sp³-hybridized carbons (Fsp3) is 0.414. The topological polar surface area (TPSA) is 53.4 Å². The van der Waals surface area contributed by atoms with E-state index in [9.17, 15) is 13.2 Å².